The third kappa shape index (κ3) is 6.95. The number of carbonyl (C=O) groups excluding carboxylic acids is 2. The lowest BCUT2D eigenvalue weighted by Crippen LogP contribution is -2.49. The van der Waals surface area contributed by atoms with E-state index in [9.17, 15) is 18.0 Å². The lowest BCUT2D eigenvalue weighted by atomic mass is 9.94. The van der Waals surface area contributed by atoms with Crippen LogP contribution in [-0.4, -0.2) is 65.8 Å². The SMILES string of the molecule is COc1ccc([C@H](C(=O)NC2CCCCC2)N(C(=O)[C@@H](C)n2nnc3ccccc32)c2ccc(S(=O)(=O)N3CCC[C@@H](C)C3)cc2)cc1. The molecular weight excluding hydrogens is 628 g/mol. The van der Waals surface area contributed by atoms with Gasteiger partial charge in [-0.2, -0.15) is 4.31 Å². The van der Waals surface area contributed by atoms with Crippen molar-refractivity contribution >= 4 is 38.6 Å². The summed E-state index contributed by atoms with van der Waals surface area (Å²) in [6.07, 6.45) is 6.75. The maximum Gasteiger partial charge on any atom is 0.252 e. The maximum absolute atomic E-state index is 14.8. The molecule has 11 nitrogen and oxygen atoms in total. The van der Waals surface area contributed by atoms with Gasteiger partial charge in [0.2, 0.25) is 15.9 Å². The molecule has 0 unspecified atom stereocenters. The third-order valence-corrected chi connectivity index (χ3v) is 11.5. The Morgan fingerprint density at radius 2 is 1.65 bits per heavy atom. The summed E-state index contributed by atoms with van der Waals surface area (Å²) in [7, 11) is -2.16. The number of aromatic nitrogens is 3. The van der Waals surface area contributed by atoms with Gasteiger partial charge in [0.25, 0.3) is 5.91 Å². The van der Waals surface area contributed by atoms with Crippen LogP contribution in [0.5, 0.6) is 5.75 Å². The summed E-state index contributed by atoms with van der Waals surface area (Å²) in [5.41, 5.74) is 2.31. The van der Waals surface area contributed by atoms with Gasteiger partial charge in [0.05, 0.1) is 17.5 Å². The number of nitrogens with one attached hydrogen (secondary N) is 1. The minimum absolute atomic E-state index is 0.0000799. The monoisotopic (exact) mass is 672 g/mol. The molecule has 48 heavy (non-hydrogen) atoms. The first-order valence-corrected chi connectivity index (χ1v) is 18.3. The first-order valence-electron chi connectivity index (χ1n) is 16.8. The minimum atomic E-state index is -3.74. The topological polar surface area (TPSA) is 127 Å². The zero-order chi connectivity index (χ0) is 33.8. The predicted octanol–water partition coefficient (Wildman–Crippen LogP) is 5.64. The van der Waals surface area contributed by atoms with Crippen molar-refractivity contribution in [2.24, 2.45) is 5.92 Å². The van der Waals surface area contributed by atoms with E-state index in [1.165, 1.54) is 21.3 Å². The minimum Gasteiger partial charge on any atom is -0.497 e. The number of rotatable bonds is 10. The second-order valence-electron chi connectivity index (χ2n) is 13.0. The van der Waals surface area contributed by atoms with Crippen LogP contribution in [0.1, 0.15) is 76.4 Å². The lowest BCUT2D eigenvalue weighted by Gasteiger charge is -2.35. The van der Waals surface area contributed by atoms with Crippen molar-refractivity contribution in [2.75, 3.05) is 25.1 Å². The van der Waals surface area contributed by atoms with Crippen molar-refractivity contribution in [3.63, 3.8) is 0 Å². The standard InChI is InChI=1S/C36H44N6O5S/c1-25-10-9-23-40(24-25)48(45,46)31-21-17-29(18-22-31)41(36(44)26(2)42-33-14-8-7-13-32(33)38-39-42)34(27-15-19-30(47-3)20-16-27)35(43)37-28-11-5-4-6-12-28/h7-8,13-22,25-26,28,34H,4-6,9-12,23-24H2,1-3H3,(H,37,43)/t25-,26-,34-/m1/s1. The summed E-state index contributed by atoms with van der Waals surface area (Å²) < 4.78 is 35.8. The molecule has 254 valence electrons. The average molecular weight is 673 g/mol. The summed E-state index contributed by atoms with van der Waals surface area (Å²) >= 11 is 0. The Kier molecular flexibility index (Phi) is 10.1. The molecule has 12 heteroatoms. The number of para-hydroxylation sites is 1. The molecule has 0 radical (unpaired) electrons. The molecule has 1 aromatic heterocycles. The van der Waals surface area contributed by atoms with Gasteiger partial charge in [-0.15, -0.1) is 5.10 Å². The zero-order valence-electron chi connectivity index (χ0n) is 27.8. The zero-order valence-corrected chi connectivity index (χ0v) is 28.6. The van der Waals surface area contributed by atoms with Crippen LogP contribution in [0.15, 0.2) is 77.7 Å². The van der Waals surface area contributed by atoms with Gasteiger partial charge in [-0.3, -0.25) is 14.5 Å². The number of nitrogens with zero attached hydrogens (tertiary/aromatic N) is 5. The van der Waals surface area contributed by atoms with Crippen LogP contribution < -0.4 is 15.0 Å². The van der Waals surface area contributed by atoms with E-state index in [2.05, 4.69) is 22.6 Å². The van der Waals surface area contributed by atoms with Crippen molar-refractivity contribution in [2.45, 2.75) is 81.8 Å². The lowest BCUT2D eigenvalue weighted by molar-refractivity contribution is -0.128. The van der Waals surface area contributed by atoms with Crippen LogP contribution in [0.4, 0.5) is 5.69 Å². The van der Waals surface area contributed by atoms with Gasteiger partial charge in [0.1, 0.15) is 23.3 Å². The van der Waals surface area contributed by atoms with Gasteiger partial charge in [0, 0.05) is 24.8 Å². The van der Waals surface area contributed by atoms with Crippen molar-refractivity contribution in [1.82, 2.24) is 24.6 Å². The summed E-state index contributed by atoms with van der Waals surface area (Å²) in [6, 6.07) is 18.9. The molecule has 1 saturated carbocycles. The van der Waals surface area contributed by atoms with Gasteiger partial charge in [-0.05, 0) is 92.6 Å². The van der Waals surface area contributed by atoms with Gasteiger partial charge in [-0.25, -0.2) is 13.1 Å². The van der Waals surface area contributed by atoms with Crippen molar-refractivity contribution in [3.8, 4) is 5.75 Å². The van der Waals surface area contributed by atoms with Gasteiger partial charge >= 0.3 is 0 Å². The molecule has 2 amide bonds. The second kappa shape index (κ2) is 14.4. The van der Waals surface area contributed by atoms with E-state index < -0.39 is 28.0 Å². The summed E-state index contributed by atoms with van der Waals surface area (Å²) in [5, 5.41) is 11.8. The number of ether oxygens (including phenoxy) is 1. The van der Waals surface area contributed by atoms with E-state index in [1.807, 2.05) is 24.3 Å². The maximum atomic E-state index is 14.8. The van der Waals surface area contributed by atoms with Crippen LogP contribution >= 0.6 is 0 Å². The van der Waals surface area contributed by atoms with Crippen LogP contribution in [0.2, 0.25) is 0 Å². The fourth-order valence-corrected chi connectivity index (χ4v) is 8.50. The van der Waals surface area contributed by atoms with Crippen LogP contribution in [-0.2, 0) is 19.6 Å². The number of methoxy groups -OCH3 is 1. The smallest absolute Gasteiger partial charge is 0.252 e. The second-order valence-corrected chi connectivity index (χ2v) is 15.0. The highest BCUT2D eigenvalue weighted by atomic mass is 32.2. The normalized spacial score (nSPS) is 19.0. The first kappa shape index (κ1) is 33.6. The number of benzene rings is 3. The summed E-state index contributed by atoms with van der Waals surface area (Å²) in [6.45, 7) is 4.74. The van der Waals surface area contributed by atoms with Gasteiger partial charge in [-0.1, -0.05) is 55.7 Å². The number of sulfonamides is 1. The number of hydrogen-bond acceptors (Lipinski definition) is 7. The molecule has 1 saturated heterocycles. The Bertz CT molecular complexity index is 1840. The van der Waals surface area contributed by atoms with Crippen molar-refractivity contribution in [3.05, 3.63) is 78.4 Å². The Labute approximate surface area is 282 Å². The van der Waals surface area contributed by atoms with Crippen molar-refractivity contribution < 1.29 is 22.7 Å². The fourth-order valence-electron chi connectivity index (χ4n) is 6.91. The molecule has 2 aliphatic rings. The Morgan fingerprint density at radius 1 is 0.938 bits per heavy atom. The molecule has 2 fully saturated rings. The van der Waals surface area contributed by atoms with E-state index >= 15 is 0 Å². The molecule has 0 spiro atoms. The molecular formula is C36H44N6O5S. The van der Waals surface area contributed by atoms with Gasteiger partial charge < -0.3 is 10.1 Å². The molecule has 3 atom stereocenters. The molecule has 1 N–H and O–H groups in total. The summed E-state index contributed by atoms with van der Waals surface area (Å²) in [5.74, 6) is 0.191. The quantitative estimate of drug-likeness (QED) is 0.231. The molecule has 2 heterocycles. The van der Waals surface area contributed by atoms with Crippen LogP contribution in [0, 0.1) is 5.92 Å². The van der Waals surface area contributed by atoms with E-state index in [0.717, 1.165) is 44.9 Å². The number of hydrogen-bond donors (Lipinski definition) is 1. The number of piperidine rings is 1. The summed E-state index contributed by atoms with van der Waals surface area (Å²) in [4.78, 5) is 30.8. The van der Waals surface area contributed by atoms with E-state index in [4.69, 9.17) is 4.74 Å². The van der Waals surface area contributed by atoms with E-state index in [-0.39, 0.29) is 22.8 Å². The average Bonchev–Trinajstić information content (AvgIpc) is 3.55. The van der Waals surface area contributed by atoms with E-state index in [1.54, 1.807) is 55.1 Å². The van der Waals surface area contributed by atoms with E-state index in [0.29, 0.717) is 41.1 Å². The largest absolute Gasteiger partial charge is 0.497 e. The highest BCUT2D eigenvalue weighted by Gasteiger charge is 2.38. The van der Waals surface area contributed by atoms with Gasteiger partial charge in [0.15, 0.2) is 0 Å². The third-order valence-electron chi connectivity index (χ3n) is 9.60. The van der Waals surface area contributed by atoms with Crippen LogP contribution in [0.3, 0.4) is 0 Å². The highest BCUT2D eigenvalue weighted by molar-refractivity contribution is 7.89. The molecule has 1 aliphatic carbocycles. The number of fused-ring (bicyclic) bond motifs is 1. The van der Waals surface area contributed by atoms with Crippen LogP contribution in [0.25, 0.3) is 11.0 Å². The molecule has 6 rings (SSSR count). The molecule has 0 bridgehead atoms. The number of carbonyl (C=O) groups is 2. The van der Waals surface area contributed by atoms with Crippen molar-refractivity contribution in [1.29, 1.82) is 0 Å². The Hall–Kier alpha value is -4.29. The number of amides is 2. The molecule has 1 aliphatic heterocycles. The number of anilines is 1. The highest BCUT2D eigenvalue weighted by Crippen LogP contribution is 2.34. The predicted molar refractivity (Wildman–Crippen MR) is 184 cm³/mol. The molecule has 4 aromatic rings. The Morgan fingerprint density at radius 3 is 2.33 bits per heavy atom. The molecule has 3 aromatic carbocycles. The Balaban J connectivity index is 1.43. The fraction of sp³-hybridized carbons (Fsp3) is 0.444. The first-order chi connectivity index (χ1) is 23.2.